The van der Waals surface area contributed by atoms with Crippen LogP contribution in [0.15, 0.2) is 18.2 Å². The van der Waals surface area contributed by atoms with E-state index in [4.69, 9.17) is 11.6 Å². The molecule has 1 aromatic carbocycles. The first kappa shape index (κ1) is 12.1. The zero-order valence-electron chi connectivity index (χ0n) is 8.10. The highest BCUT2D eigenvalue weighted by Crippen LogP contribution is 2.26. The van der Waals surface area contributed by atoms with E-state index in [0.717, 1.165) is 25.1 Å². The van der Waals surface area contributed by atoms with Gasteiger partial charge in [0.25, 0.3) is 10.9 Å². The molecule has 0 saturated heterocycles. The Labute approximate surface area is 94.9 Å². The number of nitrogens with zero attached hydrogens (tertiary/aromatic N) is 1. The van der Waals surface area contributed by atoms with E-state index in [2.05, 4.69) is 4.74 Å². The lowest BCUT2D eigenvalue weighted by Crippen LogP contribution is -2.06. The zero-order chi connectivity index (χ0) is 12.3. The SMILES string of the molecule is CC(=O)Oc1cc([N+](=O)[O-])ccc1C(=O)Cl. The molecule has 0 N–H and O–H groups in total. The summed E-state index contributed by atoms with van der Waals surface area (Å²) in [4.78, 5) is 31.5. The summed E-state index contributed by atoms with van der Waals surface area (Å²) in [5, 5.41) is 9.61. The van der Waals surface area contributed by atoms with Gasteiger partial charge in [-0.2, -0.15) is 0 Å². The van der Waals surface area contributed by atoms with Crippen LogP contribution in [0.4, 0.5) is 5.69 Å². The van der Waals surface area contributed by atoms with E-state index in [1.807, 2.05) is 0 Å². The molecule has 1 rings (SSSR count). The molecule has 0 fully saturated rings. The lowest BCUT2D eigenvalue weighted by Gasteiger charge is -2.04. The van der Waals surface area contributed by atoms with Gasteiger partial charge in [0.05, 0.1) is 16.6 Å². The second-order valence-corrected chi connectivity index (χ2v) is 3.15. The molecule has 7 heteroatoms. The molecular weight excluding hydrogens is 238 g/mol. The molecule has 0 aromatic heterocycles. The van der Waals surface area contributed by atoms with Crippen LogP contribution >= 0.6 is 11.6 Å². The number of benzene rings is 1. The van der Waals surface area contributed by atoms with Gasteiger partial charge in [-0.3, -0.25) is 19.7 Å². The van der Waals surface area contributed by atoms with Gasteiger partial charge >= 0.3 is 5.97 Å². The van der Waals surface area contributed by atoms with Crippen molar-refractivity contribution in [3.8, 4) is 5.75 Å². The fourth-order valence-electron chi connectivity index (χ4n) is 1.03. The van der Waals surface area contributed by atoms with Crippen LogP contribution in [0.1, 0.15) is 17.3 Å². The van der Waals surface area contributed by atoms with Gasteiger partial charge in [-0.15, -0.1) is 0 Å². The maximum atomic E-state index is 10.9. The molecule has 0 saturated carbocycles. The molecule has 84 valence electrons. The Morgan fingerprint density at radius 2 is 2.06 bits per heavy atom. The first-order chi connectivity index (χ1) is 7.41. The van der Waals surface area contributed by atoms with E-state index in [0.29, 0.717) is 0 Å². The third kappa shape index (κ3) is 2.77. The van der Waals surface area contributed by atoms with Gasteiger partial charge < -0.3 is 4.74 Å². The Balaban J connectivity index is 3.26. The molecule has 0 unspecified atom stereocenters. The van der Waals surface area contributed by atoms with Crippen molar-refractivity contribution in [1.82, 2.24) is 0 Å². The number of hydrogen-bond acceptors (Lipinski definition) is 5. The highest BCUT2D eigenvalue weighted by Gasteiger charge is 2.17. The molecule has 0 heterocycles. The predicted molar refractivity (Wildman–Crippen MR) is 54.6 cm³/mol. The fraction of sp³-hybridized carbons (Fsp3) is 0.111. The third-order valence-corrected chi connectivity index (χ3v) is 1.85. The maximum absolute atomic E-state index is 10.9. The summed E-state index contributed by atoms with van der Waals surface area (Å²) in [6.07, 6.45) is 0. The molecular formula is C9H6ClNO5. The lowest BCUT2D eigenvalue weighted by atomic mass is 10.2. The number of esters is 1. The molecule has 1 aromatic rings. The maximum Gasteiger partial charge on any atom is 0.308 e. The molecule has 0 aliphatic carbocycles. The van der Waals surface area contributed by atoms with Crippen molar-refractivity contribution in [2.75, 3.05) is 0 Å². The van der Waals surface area contributed by atoms with Crippen LogP contribution in [0.5, 0.6) is 5.75 Å². The van der Waals surface area contributed by atoms with Crippen molar-refractivity contribution in [2.45, 2.75) is 6.92 Å². The Hall–Kier alpha value is -1.95. The van der Waals surface area contributed by atoms with Gasteiger partial charge in [-0.25, -0.2) is 0 Å². The van der Waals surface area contributed by atoms with Crippen LogP contribution in [0, 0.1) is 10.1 Å². The van der Waals surface area contributed by atoms with Gasteiger partial charge in [0.1, 0.15) is 5.75 Å². The van der Waals surface area contributed by atoms with Crippen LogP contribution in [-0.4, -0.2) is 16.1 Å². The summed E-state index contributed by atoms with van der Waals surface area (Å²) >= 11 is 5.22. The Morgan fingerprint density at radius 1 is 1.44 bits per heavy atom. The molecule has 0 bridgehead atoms. The molecule has 0 spiro atoms. The molecule has 0 radical (unpaired) electrons. The minimum Gasteiger partial charge on any atom is -0.426 e. The summed E-state index contributed by atoms with van der Waals surface area (Å²) in [6, 6.07) is 3.20. The van der Waals surface area contributed by atoms with E-state index in [-0.39, 0.29) is 17.0 Å². The normalized spacial score (nSPS) is 9.62. The van der Waals surface area contributed by atoms with Gasteiger partial charge in [-0.1, -0.05) is 0 Å². The predicted octanol–water partition coefficient (Wildman–Crippen LogP) is 1.90. The van der Waals surface area contributed by atoms with Crippen LogP contribution < -0.4 is 4.74 Å². The van der Waals surface area contributed by atoms with Crippen LogP contribution in [-0.2, 0) is 4.79 Å². The summed E-state index contributed by atoms with van der Waals surface area (Å²) in [5.41, 5.74) is -0.389. The number of ether oxygens (including phenoxy) is 1. The number of hydrogen-bond donors (Lipinski definition) is 0. The first-order valence-electron chi connectivity index (χ1n) is 4.08. The number of nitro benzene ring substituents is 1. The van der Waals surface area contributed by atoms with E-state index < -0.39 is 16.1 Å². The van der Waals surface area contributed by atoms with E-state index >= 15 is 0 Å². The van der Waals surface area contributed by atoms with Crippen molar-refractivity contribution in [3.05, 3.63) is 33.9 Å². The van der Waals surface area contributed by atoms with Crippen molar-refractivity contribution in [2.24, 2.45) is 0 Å². The van der Waals surface area contributed by atoms with Crippen LogP contribution in [0.25, 0.3) is 0 Å². The molecule has 6 nitrogen and oxygen atoms in total. The average molecular weight is 244 g/mol. The van der Waals surface area contributed by atoms with Gasteiger partial charge in [-0.05, 0) is 17.7 Å². The van der Waals surface area contributed by atoms with Crippen LogP contribution in [0.3, 0.4) is 0 Å². The van der Waals surface area contributed by atoms with Crippen molar-refractivity contribution in [1.29, 1.82) is 0 Å². The number of non-ortho nitro benzene ring substituents is 1. The zero-order valence-corrected chi connectivity index (χ0v) is 8.85. The number of halogens is 1. The highest BCUT2D eigenvalue weighted by atomic mass is 35.5. The van der Waals surface area contributed by atoms with Gasteiger partial charge in [0, 0.05) is 13.0 Å². The summed E-state index contributed by atoms with van der Waals surface area (Å²) < 4.78 is 4.65. The van der Waals surface area contributed by atoms with E-state index in [1.165, 1.54) is 0 Å². The highest BCUT2D eigenvalue weighted by molar-refractivity contribution is 6.68. The Bertz CT molecular complexity index is 471. The largest absolute Gasteiger partial charge is 0.426 e. The molecule has 0 aliphatic rings. The van der Waals surface area contributed by atoms with Gasteiger partial charge in [0.15, 0.2) is 0 Å². The molecule has 0 amide bonds. The number of rotatable bonds is 3. The lowest BCUT2D eigenvalue weighted by molar-refractivity contribution is -0.384. The summed E-state index contributed by atoms with van der Waals surface area (Å²) in [7, 11) is 0. The second-order valence-electron chi connectivity index (χ2n) is 2.80. The molecule has 0 aliphatic heterocycles. The smallest absolute Gasteiger partial charge is 0.308 e. The van der Waals surface area contributed by atoms with E-state index in [1.54, 1.807) is 0 Å². The fourth-order valence-corrected chi connectivity index (χ4v) is 1.18. The van der Waals surface area contributed by atoms with Crippen molar-refractivity contribution >= 4 is 28.5 Å². The quantitative estimate of drug-likeness (QED) is 0.266. The first-order valence-corrected chi connectivity index (χ1v) is 4.46. The average Bonchev–Trinajstić information content (AvgIpc) is 2.15. The number of carbonyl (C=O) groups excluding carboxylic acids is 2. The van der Waals surface area contributed by atoms with Gasteiger partial charge in [0.2, 0.25) is 0 Å². The topological polar surface area (TPSA) is 86.5 Å². The van der Waals surface area contributed by atoms with Crippen molar-refractivity contribution < 1.29 is 19.2 Å². The monoisotopic (exact) mass is 243 g/mol. The summed E-state index contributed by atoms with van der Waals surface area (Å²) in [6.45, 7) is 1.11. The minimum atomic E-state index is -0.855. The van der Waals surface area contributed by atoms with Crippen LogP contribution in [0.2, 0.25) is 0 Å². The second kappa shape index (κ2) is 4.71. The minimum absolute atomic E-state index is 0.0949. The summed E-state index contributed by atoms with van der Waals surface area (Å²) in [5.74, 6) is -0.915. The number of nitro groups is 1. The molecule has 16 heavy (non-hydrogen) atoms. The molecule has 0 atom stereocenters. The van der Waals surface area contributed by atoms with E-state index in [9.17, 15) is 19.7 Å². The standard InChI is InChI=1S/C9H6ClNO5/c1-5(12)16-8-4-6(11(14)15)2-3-7(8)9(10)13/h2-4H,1H3. The van der Waals surface area contributed by atoms with Crippen molar-refractivity contribution in [3.63, 3.8) is 0 Å². The number of carbonyl (C=O) groups is 2. The Morgan fingerprint density at radius 3 is 2.50 bits per heavy atom. The third-order valence-electron chi connectivity index (χ3n) is 1.64. The Kier molecular flexibility index (Phi) is 3.57.